The van der Waals surface area contributed by atoms with Crippen molar-refractivity contribution in [3.63, 3.8) is 0 Å². The van der Waals surface area contributed by atoms with E-state index in [-0.39, 0.29) is 6.04 Å². The van der Waals surface area contributed by atoms with Crippen molar-refractivity contribution in [3.05, 3.63) is 36.4 Å². The van der Waals surface area contributed by atoms with Gasteiger partial charge in [0.1, 0.15) is 11.9 Å². The van der Waals surface area contributed by atoms with Crippen molar-refractivity contribution in [2.45, 2.75) is 19.5 Å². The zero-order valence-electron chi connectivity index (χ0n) is 9.88. The second-order valence-electron chi connectivity index (χ2n) is 3.72. The van der Waals surface area contributed by atoms with Crippen LogP contribution in [0, 0.1) is 0 Å². The maximum atomic E-state index is 4.41. The van der Waals surface area contributed by atoms with Crippen LogP contribution in [0.1, 0.15) is 24.5 Å². The quantitative estimate of drug-likeness (QED) is 0.832. The Morgan fingerprint density at radius 3 is 2.88 bits per heavy atom. The van der Waals surface area contributed by atoms with Crippen molar-refractivity contribution in [1.82, 2.24) is 24.4 Å². The van der Waals surface area contributed by atoms with E-state index < -0.39 is 0 Å². The first-order valence-electron chi connectivity index (χ1n) is 5.42. The monoisotopic (exact) mass is 219 g/mol. The number of hydrogen-bond donors (Lipinski definition) is 1. The Bertz CT molecular complexity index is 456. The van der Waals surface area contributed by atoms with Crippen molar-refractivity contribution in [1.29, 1.82) is 0 Å². The second-order valence-corrected chi connectivity index (χ2v) is 3.72. The normalized spacial score (nSPS) is 12.9. The molecule has 0 aliphatic heterocycles. The molecule has 0 amide bonds. The molecule has 86 valence electrons. The molecule has 0 aliphatic carbocycles. The molecule has 1 N–H and O–H groups in total. The summed E-state index contributed by atoms with van der Waals surface area (Å²) in [4.78, 5) is 8.56. The first kappa shape index (κ1) is 10.9. The van der Waals surface area contributed by atoms with Gasteiger partial charge in [0, 0.05) is 26.0 Å². The van der Waals surface area contributed by atoms with Crippen LogP contribution in [0.5, 0.6) is 0 Å². The highest BCUT2D eigenvalue weighted by atomic mass is 15.1. The lowest BCUT2D eigenvalue weighted by Crippen LogP contribution is -2.23. The third kappa shape index (κ3) is 1.74. The molecule has 0 saturated heterocycles. The molecule has 0 bridgehead atoms. The molecule has 1 unspecified atom stereocenters. The molecule has 1 atom stereocenters. The van der Waals surface area contributed by atoms with Crippen LogP contribution < -0.4 is 5.32 Å². The average Bonchev–Trinajstić information content (AvgIpc) is 2.90. The third-order valence-corrected chi connectivity index (χ3v) is 2.78. The first-order chi connectivity index (χ1) is 7.77. The largest absolute Gasteiger partial charge is 0.336 e. The number of imidazole rings is 2. The van der Waals surface area contributed by atoms with Crippen LogP contribution in [-0.2, 0) is 13.6 Å². The van der Waals surface area contributed by atoms with E-state index in [9.17, 15) is 0 Å². The zero-order valence-corrected chi connectivity index (χ0v) is 9.88. The lowest BCUT2D eigenvalue weighted by atomic mass is 10.2. The molecular weight excluding hydrogens is 202 g/mol. The minimum atomic E-state index is 0.0856. The van der Waals surface area contributed by atoms with Gasteiger partial charge < -0.3 is 14.5 Å². The van der Waals surface area contributed by atoms with E-state index in [0.29, 0.717) is 0 Å². The van der Waals surface area contributed by atoms with E-state index in [0.717, 1.165) is 18.1 Å². The van der Waals surface area contributed by atoms with Crippen molar-refractivity contribution < 1.29 is 0 Å². The molecule has 0 radical (unpaired) electrons. The molecule has 2 rings (SSSR count). The summed E-state index contributed by atoms with van der Waals surface area (Å²) >= 11 is 0. The Morgan fingerprint density at radius 1 is 1.50 bits per heavy atom. The van der Waals surface area contributed by atoms with Crippen LogP contribution in [-0.4, -0.2) is 26.1 Å². The van der Waals surface area contributed by atoms with Gasteiger partial charge in [-0.3, -0.25) is 0 Å². The van der Waals surface area contributed by atoms with Crippen LogP contribution in [0.15, 0.2) is 24.9 Å². The van der Waals surface area contributed by atoms with E-state index >= 15 is 0 Å². The van der Waals surface area contributed by atoms with Gasteiger partial charge in [0.25, 0.3) is 0 Å². The molecular formula is C11H17N5. The van der Waals surface area contributed by atoms with Crippen molar-refractivity contribution in [2.24, 2.45) is 7.05 Å². The maximum Gasteiger partial charge on any atom is 0.132 e. The van der Waals surface area contributed by atoms with E-state index in [2.05, 4.69) is 26.8 Å². The Hall–Kier alpha value is -1.62. The molecule has 2 aromatic rings. The highest BCUT2D eigenvalue weighted by Crippen LogP contribution is 2.19. The Kier molecular flexibility index (Phi) is 3.05. The summed E-state index contributed by atoms with van der Waals surface area (Å²) in [5.41, 5.74) is 1.11. The lowest BCUT2D eigenvalue weighted by molar-refractivity contribution is 0.563. The molecule has 16 heavy (non-hydrogen) atoms. The number of hydrogen-bond acceptors (Lipinski definition) is 3. The van der Waals surface area contributed by atoms with Crippen molar-refractivity contribution in [2.75, 3.05) is 7.05 Å². The van der Waals surface area contributed by atoms with Gasteiger partial charge in [-0.1, -0.05) is 0 Å². The molecule has 0 aliphatic rings. The molecule has 0 fully saturated rings. The van der Waals surface area contributed by atoms with E-state index in [1.54, 1.807) is 6.33 Å². The number of aryl methyl sites for hydroxylation is 2. The fourth-order valence-electron chi connectivity index (χ4n) is 1.90. The van der Waals surface area contributed by atoms with Crippen LogP contribution in [0.4, 0.5) is 0 Å². The second kappa shape index (κ2) is 4.49. The van der Waals surface area contributed by atoms with E-state index in [4.69, 9.17) is 0 Å². The van der Waals surface area contributed by atoms with Crippen LogP contribution in [0.25, 0.3) is 0 Å². The molecule has 2 heterocycles. The van der Waals surface area contributed by atoms with Gasteiger partial charge in [0.15, 0.2) is 0 Å². The van der Waals surface area contributed by atoms with Gasteiger partial charge in [0.2, 0.25) is 0 Å². The van der Waals surface area contributed by atoms with Crippen LogP contribution >= 0.6 is 0 Å². The predicted octanol–water partition coefficient (Wildman–Crippen LogP) is 0.945. The number of aromatic nitrogens is 4. The molecule has 5 nitrogen and oxygen atoms in total. The zero-order chi connectivity index (χ0) is 11.5. The molecule has 5 heteroatoms. The van der Waals surface area contributed by atoms with E-state index in [1.165, 1.54) is 0 Å². The Balaban J connectivity index is 2.40. The summed E-state index contributed by atoms with van der Waals surface area (Å²) in [6, 6.07) is 0.0856. The average molecular weight is 219 g/mol. The topological polar surface area (TPSA) is 47.7 Å². The Morgan fingerprint density at radius 2 is 2.31 bits per heavy atom. The molecule has 2 aromatic heterocycles. The lowest BCUT2D eigenvalue weighted by Gasteiger charge is -2.17. The van der Waals surface area contributed by atoms with Gasteiger partial charge >= 0.3 is 0 Å². The molecule has 0 saturated carbocycles. The van der Waals surface area contributed by atoms with Gasteiger partial charge in [-0.2, -0.15) is 0 Å². The van der Waals surface area contributed by atoms with E-state index in [1.807, 2.05) is 37.3 Å². The number of nitrogens with zero attached hydrogens (tertiary/aromatic N) is 4. The first-order valence-corrected chi connectivity index (χ1v) is 5.42. The highest BCUT2D eigenvalue weighted by molar-refractivity contribution is 5.16. The third-order valence-electron chi connectivity index (χ3n) is 2.78. The number of rotatable bonds is 4. The summed E-state index contributed by atoms with van der Waals surface area (Å²) in [6.45, 7) is 3.03. The smallest absolute Gasteiger partial charge is 0.132 e. The minimum Gasteiger partial charge on any atom is -0.336 e. The van der Waals surface area contributed by atoms with Gasteiger partial charge in [-0.05, 0) is 14.0 Å². The summed E-state index contributed by atoms with van der Waals surface area (Å²) in [6.07, 6.45) is 7.50. The molecule has 0 spiro atoms. The van der Waals surface area contributed by atoms with Crippen molar-refractivity contribution in [3.8, 4) is 0 Å². The summed E-state index contributed by atoms with van der Waals surface area (Å²) in [7, 11) is 3.93. The molecule has 0 aromatic carbocycles. The van der Waals surface area contributed by atoms with Crippen molar-refractivity contribution >= 4 is 0 Å². The van der Waals surface area contributed by atoms with Crippen LogP contribution in [0.2, 0.25) is 0 Å². The maximum absolute atomic E-state index is 4.41. The van der Waals surface area contributed by atoms with Gasteiger partial charge in [-0.15, -0.1) is 0 Å². The summed E-state index contributed by atoms with van der Waals surface area (Å²) < 4.78 is 4.14. The predicted molar refractivity (Wildman–Crippen MR) is 62.0 cm³/mol. The highest BCUT2D eigenvalue weighted by Gasteiger charge is 2.19. The van der Waals surface area contributed by atoms with Crippen LogP contribution in [0.3, 0.4) is 0 Å². The van der Waals surface area contributed by atoms with Gasteiger partial charge in [-0.25, -0.2) is 9.97 Å². The summed E-state index contributed by atoms with van der Waals surface area (Å²) in [5, 5.41) is 3.28. The minimum absolute atomic E-state index is 0.0856. The fourth-order valence-corrected chi connectivity index (χ4v) is 1.90. The van der Waals surface area contributed by atoms with Gasteiger partial charge in [0.05, 0.1) is 18.2 Å². The Labute approximate surface area is 95.1 Å². The SMILES string of the molecule is CCn1ccnc1C(NC)c1cncn1C. The summed E-state index contributed by atoms with van der Waals surface area (Å²) in [5.74, 6) is 1.02. The fraction of sp³-hybridized carbons (Fsp3) is 0.455. The standard InChI is InChI=1S/C11H17N5/c1-4-16-6-5-14-11(16)10(12-2)9-7-13-8-15(9)3/h5-8,10,12H,4H2,1-3H3. The number of nitrogens with one attached hydrogen (secondary N) is 1.